The van der Waals surface area contributed by atoms with Gasteiger partial charge in [-0.2, -0.15) is 4.68 Å². The van der Waals surface area contributed by atoms with Crippen LogP contribution in [0.4, 0.5) is 4.39 Å². The number of hydrogen-bond acceptors (Lipinski definition) is 7. The molecule has 0 saturated carbocycles. The number of hydrogen-bond donors (Lipinski definition) is 1. The third kappa shape index (κ3) is 9.08. The minimum Gasteiger partial charge on any atom is -0.342 e. The van der Waals surface area contributed by atoms with Crippen molar-refractivity contribution in [2.75, 3.05) is 0 Å². The van der Waals surface area contributed by atoms with Crippen LogP contribution in [-0.2, 0) is 27.2 Å². The number of Topliss-reactive ketones (excluding diaryl/α,β-unsaturated/α-hetero) is 3. The minimum atomic E-state index is -0.908. The number of nitrogens with one attached hydrogen (secondary N) is 1. The first-order chi connectivity index (χ1) is 20.7. The van der Waals surface area contributed by atoms with Crippen LogP contribution in [-0.4, -0.2) is 49.5 Å². The van der Waals surface area contributed by atoms with Crippen LogP contribution in [0.15, 0.2) is 79.1 Å². The molecule has 3 aromatic carbocycles. The fraction of sp³-hybridized carbons (Fsp3) is 0.219. The van der Waals surface area contributed by atoms with Gasteiger partial charge >= 0.3 is 0 Å². The number of tetrazole rings is 1. The van der Waals surface area contributed by atoms with Gasteiger partial charge in [0.05, 0.1) is 17.3 Å². The van der Waals surface area contributed by atoms with E-state index in [1.807, 2.05) is 30.3 Å². The monoisotopic (exact) mass is 601 g/mol. The maximum atomic E-state index is 14.8. The van der Waals surface area contributed by atoms with E-state index < -0.39 is 23.5 Å². The number of ketones is 3. The highest BCUT2D eigenvalue weighted by molar-refractivity contribution is 6.30. The molecule has 0 aliphatic heterocycles. The number of carbonyl (C=O) groups excluding carboxylic acids is 4. The molecule has 1 aromatic heterocycles. The van der Waals surface area contributed by atoms with Gasteiger partial charge in [0, 0.05) is 35.9 Å². The molecule has 1 atom stereocenters. The third-order valence-corrected chi connectivity index (χ3v) is 6.87. The summed E-state index contributed by atoms with van der Waals surface area (Å²) in [5, 5.41) is 14.4. The van der Waals surface area contributed by atoms with Gasteiger partial charge in [-0.05, 0) is 77.7 Å². The summed E-state index contributed by atoms with van der Waals surface area (Å²) in [5.41, 5.74) is 2.29. The van der Waals surface area contributed by atoms with Crippen LogP contribution >= 0.6 is 11.6 Å². The Kier molecular flexibility index (Phi) is 10.8. The van der Waals surface area contributed by atoms with Crippen molar-refractivity contribution in [3.63, 3.8) is 0 Å². The van der Waals surface area contributed by atoms with E-state index >= 15 is 0 Å². The molecule has 0 saturated heterocycles. The van der Waals surface area contributed by atoms with Crippen molar-refractivity contribution in [2.45, 2.75) is 45.1 Å². The lowest BCUT2D eigenvalue weighted by Gasteiger charge is -2.17. The molecule has 9 nitrogen and oxygen atoms in total. The van der Waals surface area contributed by atoms with Gasteiger partial charge in [-0.15, -0.1) is 5.10 Å². The second-order valence-electron chi connectivity index (χ2n) is 9.98. The molecule has 4 rings (SSSR count). The largest absolute Gasteiger partial charge is 0.342 e. The number of aromatic nitrogens is 4. The van der Waals surface area contributed by atoms with Gasteiger partial charge < -0.3 is 10.1 Å². The number of benzene rings is 3. The van der Waals surface area contributed by atoms with E-state index in [9.17, 15) is 23.6 Å². The molecule has 1 heterocycles. The molecular weight excluding hydrogens is 573 g/mol. The van der Waals surface area contributed by atoms with Crippen LogP contribution in [0, 0.1) is 5.82 Å². The summed E-state index contributed by atoms with van der Waals surface area (Å²) in [5.74, 6) is -2.02. The van der Waals surface area contributed by atoms with E-state index in [-0.39, 0.29) is 42.8 Å². The van der Waals surface area contributed by atoms with E-state index in [2.05, 4.69) is 20.8 Å². The third-order valence-electron chi connectivity index (χ3n) is 6.63. The summed E-state index contributed by atoms with van der Waals surface area (Å²) in [7, 11) is 0. The summed E-state index contributed by atoms with van der Waals surface area (Å²) in [4.78, 5) is 49.9. The van der Waals surface area contributed by atoms with E-state index in [1.54, 1.807) is 24.3 Å². The van der Waals surface area contributed by atoms with Gasteiger partial charge in [0.1, 0.15) is 17.9 Å². The summed E-state index contributed by atoms with van der Waals surface area (Å²) in [6.07, 6.45) is 4.97. The topological polar surface area (TPSA) is 124 Å². The lowest BCUT2D eigenvalue weighted by molar-refractivity contribution is -0.125. The Morgan fingerprint density at radius 2 is 1.79 bits per heavy atom. The molecular formula is C32H29ClFN5O4. The second-order valence-corrected chi connectivity index (χ2v) is 10.4. The first-order valence-corrected chi connectivity index (χ1v) is 14.0. The molecule has 0 spiro atoms. The number of halogens is 2. The maximum absolute atomic E-state index is 14.8. The zero-order valence-corrected chi connectivity index (χ0v) is 24.1. The molecule has 0 aliphatic rings. The van der Waals surface area contributed by atoms with Gasteiger partial charge in [-0.1, -0.05) is 48.0 Å². The number of nitrogens with zero attached hydrogens (tertiary/aromatic N) is 4. The Morgan fingerprint density at radius 1 is 1.00 bits per heavy atom. The Morgan fingerprint density at radius 3 is 2.49 bits per heavy atom. The smallest absolute Gasteiger partial charge is 0.244 e. The SMILES string of the molecule is CC(=O)CCCC(=O)c1ccc(CC(=O)[C@H](Cc2ccccc2)NC(=O)/C=C/c2cc(Cl)ccc2-n2cnnn2)cc1F. The van der Waals surface area contributed by atoms with Crippen LogP contribution in [0.3, 0.4) is 0 Å². The molecule has 4 aromatic rings. The van der Waals surface area contributed by atoms with E-state index in [4.69, 9.17) is 11.6 Å². The van der Waals surface area contributed by atoms with Crippen molar-refractivity contribution < 1.29 is 23.6 Å². The fourth-order valence-electron chi connectivity index (χ4n) is 4.47. The Labute approximate surface area is 252 Å². The summed E-state index contributed by atoms with van der Waals surface area (Å²) < 4.78 is 16.2. The number of rotatable bonds is 14. The molecule has 0 unspecified atom stereocenters. The first-order valence-electron chi connectivity index (χ1n) is 13.6. The van der Waals surface area contributed by atoms with Crippen LogP contribution in [0.1, 0.15) is 53.2 Å². The van der Waals surface area contributed by atoms with E-state index in [1.165, 1.54) is 36.1 Å². The summed E-state index contributed by atoms with van der Waals surface area (Å²) in [6.45, 7) is 1.44. The van der Waals surface area contributed by atoms with Gasteiger partial charge in [0.15, 0.2) is 11.6 Å². The van der Waals surface area contributed by atoms with E-state index in [0.717, 1.165) is 11.6 Å². The molecule has 0 bridgehead atoms. The maximum Gasteiger partial charge on any atom is 0.244 e. The van der Waals surface area contributed by atoms with Crippen molar-refractivity contribution in [1.82, 2.24) is 25.5 Å². The average Bonchev–Trinajstić information content (AvgIpc) is 3.51. The molecule has 43 heavy (non-hydrogen) atoms. The normalized spacial score (nSPS) is 11.8. The van der Waals surface area contributed by atoms with Crippen LogP contribution in [0.25, 0.3) is 11.8 Å². The van der Waals surface area contributed by atoms with Crippen molar-refractivity contribution in [3.05, 3.63) is 112 Å². The zero-order valence-electron chi connectivity index (χ0n) is 23.4. The average molecular weight is 602 g/mol. The highest BCUT2D eigenvalue weighted by atomic mass is 35.5. The molecule has 11 heteroatoms. The number of carbonyl (C=O) groups is 4. The molecule has 0 aliphatic carbocycles. The standard InChI is InChI=1S/C32H29ClFN5O4/c1-21(40)6-5-9-30(41)26-13-10-23(16-27(26)34)18-31(42)28(17-22-7-3-2-4-8-22)36-32(43)15-11-24-19-25(33)12-14-29(24)39-20-35-37-38-39/h2-4,7-8,10-16,19-20,28H,5-6,9,17-18H2,1H3,(H,36,43)/b15-11+/t28-/m0/s1. The molecule has 0 radical (unpaired) electrons. The van der Waals surface area contributed by atoms with Crippen LogP contribution in [0.2, 0.25) is 5.02 Å². The van der Waals surface area contributed by atoms with Crippen molar-refractivity contribution >= 4 is 40.9 Å². The van der Waals surface area contributed by atoms with Crippen LogP contribution < -0.4 is 5.32 Å². The van der Waals surface area contributed by atoms with E-state index in [0.29, 0.717) is 28.3 Å². The van der Waals surface area contributed by atoms with Crippen molar-refractivity contribution in [2.24, 2.45) is 0 Å². The lowest BCUT2D eigenvalue weighted by atomic mass is 9.96. The van der Waals surface area contributed by atoms with Crippen molar-refractivity contribution in [3.8, 4) is 5.69 Å². The van der Waals surface area contributed by atoms with Gasteiger partial charge in [0.25, 0.3) is 0 Å². The summed E-state index contributed by atoms with van der Waals surface area (Å²) >= 11 is 6.16. The van der Waals surface area contributed by atoms with Crippen molar-refractivity contribution in [1.29, 1.82) is 0 Å². The zero-order chi connectivity index (χ0) is 30.8. The first kappa shape index (κ1) is 31.1. The van der Waals surface area contributed by atoms with Gasteiger partial charge in [-0.25, -0.2) is 4.39 Å². The second kappa shape index (κ2) is 14.9. The Balaban J connectivity index is 1.48. The Bertz CT molecular complexity index is 1640. The Hall–Kier alpha value is -4.83. The molecule has 220 valence electrons. The summed E-state index contributed by atoms with van der Waals surface area (Å²) in [6, 6.07) is 17.4. The molecule has 1 N–H and O–H groups in total. The lowest BCUT2D eigenvalue weighted by Crippen LogP contribution is -2.42. The quantitative estimate of drug-likeness (QED) is 0.160. The molecule has 1 amide bonds. The highest BCUT2D eigenvalue weighted by Gasteiger charge is 2.22. The number of amides is 1. The minimum absolute atomic E-state index is 0.0340. The molecule has 0 fully saturated rings. The van der Waals surface area contributed by atoms with Crippen LogP contribution in [0.5, 0.6) is 0 Å². The van der Waals surface area contributed by atoms with Gasteiger partial charge in [0.2, 0.25) is 5.91 Å². The predicted octanol–water partition coefficient (Wildman–Crippen LogP) is 4.95. The van der Waals surface area contributed by atoms with Gasteiger partial charge in [-0.3, -0.25) is 14.4 Å². The predicted molar refractivity (Wildman–Crippen MR) is 159 cm³/mol. The highest BCUT2D eigenvalue weighted by Crippen LogP contribution is 2.20. The fourth-order valence-corrected chi connectivity index (χ4v) is 4.65.